The zero-order valence-electron chi connectivity index (χ0n) is 5.80. The van der Waals surface area contributed by atoms with Crippen LogP contribution >= 0.6 is 11.8 Å². The van der Waals surface area contributed by atoms with Crippen LogP contribution in [0.5, 0.6) is 0 Å². The van der Waals surface area contributed by atoms with Crippen LogP contribution in [0.4, 0.5) is 0 Å². The van der Waals surface area contributed by atoms with Crippen LogP contribution in [0.3, 0.4) is 0 Å². The van der Waals surface area contributed by atoms with Crippen molar-refractivity contribution in [1.82, 2.24) is 0 Å². The lowest BCUT2D eigenvalue weighted by molar-refractivity contribution is -0.132. The Kier molecular flexibility index (Phi) is 2.45. The summed E-state index contributed by atoms with van der Waals surface area (Å²) < 4.78 is 29.8. The molecule has 0 aromatic heterocycles. The van der Waals surface area contributed by atoms with Gasteiger partial charge in [0.05, 0.1) is 5.57 Å². The lowest BCUT2D eigenvalue weighted by Crippen LogP contribution is -2.26. The molecule has 1 heterocycles. The molecule has 7 heteroatoms. The highest BCUT2D eigenvalue weighted by Crippen LogP contribution is 2.27. The van der Waals surface area contributed by atoms with Crippen LogP contribution in [0.25, 0.3) is 0 Å². The Hall–Kier alpha value is -0.530. The molecule has 12 heavy (non-hydrogen) atoms. The highest BCUT2D eigenvalue weighted by molar-refractivity contribution is 8.03. The van der Waals surface area contributed by atoms with E-state index in [1.54, 1.807) is 0 Å². The molecular formula is C5H6O5S2. The number of carboxylic acids is 1. The van der Waals surface area contributed by atoms with Gasteiger partial charge in [-0.05, 0) is 5.41 Å². The fraction of sp³-hybridized carbons (Fsp3) is 0.400. The zero-order valence-corrected chi connectivity index (χ0v) is 7.43. The van der Waals surface area contributed by atoms with Gasteiger partial charge in [0.25, 0.3) is 10.1 Å². The minimum Gasteiger partial charge on any atom is -0.478 e. The molecule has 0 aromatic carbocycles. The summed E-state index contributed by atoms with van der Waals surface area (Å²) in [4.78, 5) is 10.4. The van der Waals surface area contributed by atoms with Gasteiger partial charge in [-0.15, -0.1) is 11.8 Å². The lowest BCUT2D eigenvalue weighted by Gasteiger charge is -2.05. The first-order valence-corrected chi connectivity index (χ1v) is 5.49. The van der Waals surface area contributed by atoms with Crippen molar-refractivity contribution in [2.24, 2.45) is 0 Å². The topological polar surface area (TPSA) is 91.7 Å². The quantitative estimate of drug-likeness (QED) is 0.621. The average molecular weight is 210 g/mol. The van der Waals surface area contributed by atoms with E-state index in [2.05, 4.69) is 0 Å². The van der Waals surface area contributed by atoms with E-state index in [4.69, 9.17) is 9.66 Å². The summed E-state index contributed by atoms with van der Waals surface area (Å²) in [5, 5.41) is 8.45. The SMILES string of the molecule is O=C(O)C1=CSCC1S(=O)(=O)O. The van der Waals surface area contributed by atoms with E-state index in [-0.39, 0.29) is 11.3 Å². The first-order chi connectivity index (χ1) is 5.43. The second kappa shape index (κ2) is 3.08. The number of hydrogen-bond acceptors (Lipinski definition) is 4. The van der Waals surface area contributed by atoms with Crippen LogP contribution in [0.15, 0.2) is 11.0 Å². The first-order valence-electron chi connectivity index (χ1n) is 2.94. The molecular weight excluding hydrogens is 204 g/mol. The van der Waals surface area contributed by atoms with Crippen LogP contribution in [0.2, 0.25) is 0 Å². The summed E-state index contributed by atoms with van der Waals surface area (Å²) in [5.41, 5.74) is -0.262. The predicted molar refractivity (Wildman–Crippen MR) is 43.5 cm³/mol. The lowest BCUT2D eigenvalue weighted by atomic mass is 10.2. The molecule has 0 fully saturated rings. The Bertz CT molecular complexity index is 328. The summed E-state index contributed by atoms with van der Waals surface area (Å²) in [5.74, 6) is -1.23. The maximum atomic E-state index is 10.6. The van der Waals surface area contributed by atoms with Crippen LogP contribution in [-0.2, 0) is 14.9 Å². The van der Waals surface area contributed by atoms with Crippen molar-refractivity contribution in [3.63, 3.8) is 0 Å². The van der Waals surface area contributed by atoms with Crippen LogP contribution < -0.4 is 0 Å². The van der Waals surface area contributed by atoms with Crippen molar-refractivity contribution < 1.29 is 22.9 Å². The standard InChI is InChI=1S/C5H6O5S2/c6-5(7)3-1-11-2-4(3)12(8,9)10/h1,4H,2H2,(H,6,7)(H,8,9,10). The van der Waals surface area contributed by atoms with Gasteiger partial charge in [0, 0.05) is 5.75 Å². The van der Waals surface area contributed by atoms with Crippen LogP contribution in [0.1, 0.15) is 0 Å². The Balaban J connectivity index is 2.98. The summed E-state index contributed by atoms with van der Waals surface area (Å²) in [6.45, 7) is 0. The molecule has 0 aromatic rings. The van der Waals surface area contributed by atoms with Gasteiger partial charge >= 0.3 is 5.97 Å². The molecule has 0 amide bonds. The van der Waals surface area contributed by atoms with E-state index < -0.39 is 21.3 Å². The molecule has 0 aliphatic carbocycles. The molecule has 1 rings (SSSR count). The van der Waals surface area contributed by atoms with E-state index in [0.29, 0.717) is 0 Å². The van der Waals surface area contributed by atoms with Gasteiger partial charge in [0.1, 0.15) is 5.25 Å². The number of rotatable bonds is 2. The molecule has 0 saturated carbocycles. The number of aliphatic carboxylic acids is 1. The minimum atomic E-state index is -4.27. The third kappa shape index (κ3) is 1.79. The number of carbonyl (C=O) groups is 1. The van der Waals surface area contributed by atoms with Gasteiger partial charge in [-0.2, -0.15) is 8.42 Å². The van der Waals surface area contributed by atoms with Crippen molar-refractivity contribution in [1.29, 1.82) is 0 Å². The van der Waals surface area contributed by atoms with E-state index >= 15 is 0 Å². The molecule has 1 atom stereocenters. The number of hydrogen-bond donors (Lipinski definition) is 2. The second-order valence-corrected chi connectivity index (χ2v) is 4.72. The van der Waals surface area contributed by atoms with Gasteiger partial charge < -0.3 is 5.11 Å². The molecule has 1 aliphatic rings. The van der Waals surface area contributed by atoms with E-state index in [0.717, 1.165) is 11.8 Å². The Morgan fingerprint density at radius 3 is 2.58 bits per heavy atom. The van der Waals surface area contributed by atoms with Crippen LogP contribution in [0, 0.1) is 0 Å². The molecule has 68 valence electrons. The highest BCUT2D eigenvalue weighted by atomic mass is 32.2. The minimum absolute atomic E-state index is 0.0699. The van der Waals surface area contributed by atoms with Crippen molar-refractivity contribution in [3.05, 3.63) is 11.0 Å². The molecule has 0 bridgehead atoms. The monoisotopic (exact) mass is 210 g/mol. The number of carboxylic acid groups (broad SMARTS) is 1. The van der Waals surface area contributed by atoms with Gasteiger partial charge in [-0.1, -0.05) is 0 Å². The molecule has 0 saturated heterocycles. The highest BCUT2D eigenvalue weighted by Gasteiger charge is 2.34. The molecule has 1 unspecified atom stereocenters. The average Bonchev–Trinajstić information content (AvgIpc) is 2.30. The number of thioether (sulfide) groups is 1. The first kappa shape index (κ1) is 9.56. The van der Waals surface area contributed by atoms with Crippen molar-refractivity contribution in [2.75, 3.05) is 5.75 Å². The Labute approximate surface area is 73.2 Å². The molecule has 2 N–H and O–H groups in total. The maximum Gasteiger partial charge on any atom is 0.333 e. The van der Waals surface area contributed by atoms with Crippen molar-refractivity contribution in [3.8, 4) is 0 Å². The van der Waals surface area contributed by atoms with Gasteiger partial charge in [0.15, 0.2) is 0 Å². The molecule has 0 spiro atoms. The largest absolute Gasteiger partial charge is 0.478 e. The fourth-order valence-corrected chi connectivity index (χ4v) is 3.22. The van der Waals surface area contributed by atoms with E-state index in [1.807, 2.05) is 0 Å². The van der Waals surface area contributed by atoms with E-state index in [1.165, 1.54) is 5.41 Å². The summed E-state index contributed by atoms with van der Waals surface area (Å²) in [6.07, 6.45) is 0. The van der Waals surface area contributed by atoms with Crippen molar-refractivity contribution in [2.45, 2.75) is 5.25 Å². The predicted octanol–water partition coefficient (Wildman–Crippen LogP) is -0.0419. The normalized spacial score (nSPS) is 23.8. The molecule has 1 aliphatic heterocycles. The second-order valence-electron chi connectivity index (χ2n) is 2.22. The summed E-state index contributed by atoms with van der Waals surface area (Å²) in [6, 6.07) is 0. The third-order valence-electron chi connectivity index (χ3n) is 1.41. The molecule has 0 radical (unpaired) electrons. The van der Waals surface area contributed by atoms with Crippen LogP contribution in [-0.4, -0.2) is 35.0 Å². The van der Waals surface area contributed by atoms with E-state index in [9.17, 15) is 13.2 Å². The van der Waals surface area contributed by atoms with Crippen molar-refractivity contribution >= 4 is 27.8 Å². The fourth-order valence-electron chi connectivity index (χ4n) is 0.826. The molecule has 5 nitrogen and oxygen atoms in total. The zero-order chi connectivity index (χ0) is 9.35. The smallest absolute Gasteiger partial charge is 0.333 e. The third-order valence-corrected chi connectivity index (χ3v) is 3.71. The summed E-state index contributed by atoms with van der Waals surface area (Å²) >= 11 is 1.06. The van der Waals surface area contributed by atoms with Gasteiger partial charge in [-0.3, -0.25) is 4.55 Å². The maximum absolute atomic E-state index is 10.6. The summed E-state index contributed by atoms with van der Waals surface area (Å²) in [7, 11) is -4.27. The van der Waals surface area contributed by atoms with Gasteiger partial charge in [-0.25, -0.2) is 4.79 Å². The Morgan fingerprint density at radius 2 is 2.25 bits per heavy atom. The van der Waals surface area contributed by atoms with Gasteiger partial charge in [0.2, 0.25) is 0 Å². The Morgan fingerprint density at radius 1 is 1.67 bits per heavy atom.